The first-order valence-corrected chi connectivity index (χ1v) is 10.2. The molecular weight excluding hydrogens is 422 g/mol. The maximum atomic E-state index is 14.5. The lowest BCUT2D eigenvalue weighted by Crippen LogP contribution is -2.40. The molecule has 0 aromatic heterocycles. The second kappa shape index (κ2) is 9.84. The van der Waals surface area contributed by atoms with Gasteiger partial charge in [-0.25, -0.2) is 8.78 Å². The van der Waals surface area contributed by atoms with E-state index in [4.69, 9.17) is 19.9 Å². The lowest BCUT2D eigenvalue weighted by Gasteiger charge is -2.30. The fourth-order valence-corrected chi connectivity index (χ4v) is 4.22. The first kappa shape index (κ1) is 23.3. The summed E-state index contributed by atoms with van der Waals surface area (Å²) in [5.74, 6) is -1.89. The number of hydrogen-bond donors (Lipinski definition) is 2. The number of nitrogens with one attached hydrogen (secondary N) is 1. The number of primary amides is 1. The number of hydrogen-bond acceptors (Lipinski definition) is 5. The van der Waals surface area contributed by atoms with Gasteiger partial charge in [-0.1, -0.05) is 18.9 Å². The summed E-state index contributed by atoms with van der Waals surface area (Å²) >= 11 is 0. The minimum absolute atomic E-state index is 0.0168. The normalized spacial score (nSPS) is 14.6. The van der Waals surface area contributed by atoms with Crippen LogP contribution in [0.2, 0.25) is 0 Å². The van der Waals surface area contributed by atoms with Gasteiger partial charge in [0.15, 0.2) is 18.1 Å². The fourth-order valence-electron chi connectivity index (χ4n) is 4.22. The third kappa shape index (κ3) is 4.76. The highest BCUT2D eigenvalue weighted by atomic mass is 19.1. The number of rotatable bonds is 9. The van der Waals surface area contributed by atoms with Crippen molar-refractivity contribution >= 4 is 11.8 Å². The van der Waals surface area contributed by atoms with Crippen LogP contribution in [0.15, 0.2) is 30.3 Å². The zero-order chi connectivity index (χ0) is 23.3. The second-order valence-corrected chi connectivity index (χ2v) is 7.73. The molecule has 172 valence electrons. The second-order valence-electron chi connectivity index (χ2n) is 7.73. The van der Waals surface area contributed by atoms with Crippen LogP contribution in [0.5, 0.6) is 17.2 Å². The van der Waals surface area contributed by atoms with Crippen molar-refractivity contribution in [2.75, 3.05) is 27.4 Å². The number of ether oxygens (including phenoxy) is 3. The number of carbonyl (C=O) groups is 2. The van der Waals surface area contributed by atoms with Crippen molar-refractivity contribution in [3.63, 3.8) is 0 Å². The van der Waals surface area contributed by atoms with Crippen molar-refractivity contribution < 1.29 is 32.6 Å². The standard InChI is InChI=1S/C23H26F2N2O5/c1-30-17-10-14(11-18(31-2)21(17)32-12-19(26)28)22(29)27-13-23(8-3-4-9-23)20-15(24)6-5-7-16(20)25/h5-7,10-11H,3-4,8-9,12-13H2,1-2H3,(H2,26,28)(H,27,29). The van der Waals surface area contributed by atoms with Gasteiger partial charge in [-0.2, -0.15) is 0 Å². The highest BCUT2D eigenvalue weighted by molar-refractivity contribution is 5.95. The molecule has 1 fully saturated rings. The molecule has 3 rings (SSSR count). The van der Waals surface area contributed by atoms with Gasteiger partial charge in [0.2, 0.25) is 5.75 Å². The van der Waals surface area contributed by atoms with Crippen LogP contribution >= 0.6 is 0 Å². The van der Waals surface area contributed by atoms with Crippen LogP contribution in [0.25, 0.3) is 0 Å². The zero-order valence-electron chi connectivity index (χ0n) is 18.0. The van der Waals surface area contributed by atoms with Crippen LogP contribution in [0, 0.1) is 11.6 Å². The molecule has 0 heterocycles. The molecule has 0 unspecified atom stereocenters. The summed E-state index contributed by atoms with van der Waals surface area (Å²) in [6.07, 6.45) is 2.77. The molecule has 2 aromatic rings. The predicted octanol–water partition coefficient (Wildman–Crippen LogP) is 3.09. The van der Waals surface area contributed by atoms with Gasteiger partial charge in [0.25, 0.3) is 11.8 Å². The lowest BCUT2D eigenvalue weighted by atomic mass is 9.78. The number of nitrogens with two attached hydrogens (primary N) is 1. The molecule has 1 aliphatic rings. The van der Waals surface area contributed by atoms with Gasteiger partial charge in [-0.05, 0) is 37.1 Å². The fraction of sp³-hybridized carbons (Fsp3) is 0.391. The SMILES string of the molecule is COc1cc(C(=O)NCC2(c3c(F)cccc3F)CCCC2)cc(OC)c1OCC(N)=O. The van der Waals surface area contributed by atoms with E-state index in [-0.39, 0.29) is 34.9 Å². The molecular formula is C23H26F2N2O5. The number of halogens is 2. The Morgan fingerprint density at radius 1 is 1.06 bits per heavy atom. The monoisotopic (exact) mass is 448 g/mol. The quantitative estimate of drug-likeness (QED) is 0.614. The van der Waals surface area contributed by atoms with Crippen molar-refractivity contribution in [1.82, 2.24) is 5.32 Å². The van der Waals surface area contributed by atoms with E-state index in [0.29, 0.717) is 12.8 Å². The van der Waals surface area contributed by atoms with Gasteiger partial charge >= 0.3 is 0 Å². The largest absolute Gasteiger partial charge is 0.493 e. The first-order chi connectivity index (χ1) is 15.3. The molecule has 9 heteroatoms. The van der Waals surface area contributed by atoms with Crippen molar-refractivity contribution in [2.24, 2.45) is 5.73 Å². The summed E-state index contributed by atoms with van der Waals surface area (Å²) in [6, 6.07) is 6.66. The highest BCUT2D eigenvalue weighted by Crippen LogP contribution is 2.43. The summed E-state index contributed by atoms with van der Waals surface area (Å²) < 4.78 is 45.0. The minimum atomic E-state index is -0.816. The van der Waals surface area contributed by atoms with Gasteiger partial charge in [0.05, 0.1) is 14.2 Å². The molecule has 0 saturated heterocycles. The Morgan fingerprint density at radius 3 is 2.12 bits per heavy atom. The average Bonchev–Trinajstić information content (AvgIpc) is 3.24. The molecule has 1 saturated carbocycles. The molecule has 2 amide bonds. The summed E-state index contributed by atoms with van der Waals surface area (Å²) in [4.78, 5) is 24.0. The first-order valence-electron chi connectivity index (χ1n) is 10.2. The van der Waals surface area contributed by atoms with E-state index in [1.54, 1.807) is 0 Å². The number of methoxy groups -OCH3 is 2. The van der Waals surface area contributed by atoms with E-state index in [2.05, 4.69) is 5.32 Å². The Balaban J connectivity index is 1.85. The number of carbonyl (C=O) groups excluding carboxylic acids is 2. The molecule has 0 radical (unpaired) electrons. The maximum absolute atomic E-state index is 14.5. The molecule has 0 bridgehead atoms. The van der Waals surface area contributed by atoms with Crippen molar-refractivity contribution in [1.29, 1.82) is 0 Å². The predicted molar refractivity (Wildman–Crippen MR) is 113 cm³/mol. The van der Waals surface area contributed by atoms with E-state index in [9.17, 15) is 18.4 Å². The zero-order valence-corrected chi connectivity index (χ0v) is 18.0. The number of amides is 2. The average molecular weight is 448 g/mol. The molecule has 0 spiro atoms. The van der Waals surface area contributed by atoms with Crippen molar-refractivity contribution in [2.45, 2.75) is 31.1 Å². The molecule has 32 heavy (non-hydrogen) atoms. The molecule has 7 nitrogen and oxygen atoms in total. The van der Waals surface area contributed by atoms with E-state index in [1.165, 1.54) is 44.6 Å². The van der Waals surface area contributed by atoms with Gasteiger partial charge in [0.1, 0.15) is 11.6 Å². The Bertz CT molecular complexity index is 961. The van der Waals surface area contributed by atoms with Gasteiger partial charge in [-0.15, -0.1) is 0 Å². The Kier molecular flexibility index (Phi) is 7.17. The topological polar surface area (TPSA) is 99.9 Å². The number of benzene rings is 2. The van der Waals surface area contributed by atoms with Crippen LogP contribution in [0.4, 0.5) is 8.78 Å². The van der Waals surface area contributed by atoms with Crippen LogP contribution in [0.3, 0.4) is 0 Å². The highest BCUT2D eigenvalue weighted by Gasteiger charge is 2.40. The van der Waals surface area contributed by atoms with Crippen molar-refractivity contribution in [3.8, 4) is 17.2 Å². The summed E-state index contributed by atoms with van der Waals surface area (Å²) in [5.41, 5.74) is 4.52. The van der Waals surface area contributed by atoms with Crippen LogP contribution in [-0.2, 0) is 10.2 Å². The van der Waals surface area contributed by atoms with Gasteiger partial charge < -0.3 is 25.3 Å². The molecule has 3 N–H and O–H groups in total. The van der Waals surface area contributed by atoms with E-state index in [1.807, 2.05) is 0 Å². The van der Waals surface area contributed by atoms with Crippen LogP contribution in [-0.4, -0.2) is 39.2 Å². The summed E-state index contributed by atoms with van der Waals surface area (Å²) in [6.45, 7) is -0.316. The molecule has 1 aliphatic carbocycles. The third-order valence-electron chi connectivity index (χ3n) is 5.72. The van der Waals surface area contributed by atoms with E-state index < -0.39 is 35.5 Å². The Hall–Kier alpha value is -3.36. The van der Waals surface area contributed by atoms with E-state index >= 15 is 0 Å². The molecule has 2 aromatic carbocycles. The maximum Gasteiger partial charge on any atom is 0.255 e. The Morgan fingerprint density at radius 2 is 1.62 bits per heavy atom. The van der Waals surface area contributed by atoms with Gasteiger partial charge in [-0.3, -0.25) is 9.59 Å². The van der Waals surface area contributed by atoms with Crippen molar-refractivity contribution in [3.05, 3.63) is 53.1 Å². The van der Waals surface area contributed by atoms with Crippen LogP contribution < -0.4 is 25.3 Å². The van der Waals surface area contributed by atoms with Gasteiger partial charge in [0, 0.05) is 23.1 Å². The third-order valence-corrected chi connectivity index (χ3v) is 5.72. The molecule has 0 aliphatic heterocycles. The van der Waals surface area contributed by atoms with Crippen LogP contribution in [0.1, 0.15) is 41.6 Å². The minimum Gasteiger partial charge on any atom is -0.493 e. The molecule has 0 atom stereocenters. The Labute approximate surface area is 184 Å². The summed E-state index contributed by atoms with van der Waals surface area (Å²) in [5, 5.41) is 2.81. The summed E-state index contributed by atoms with van der Waals surface area (Å²) in [7, 11) is 2.75. The smallest absolute Gasteiger partial charge is 0.255 e. The lowest BCUT2D eigenvalue weighted by molar-refractivity contribution is -0.120. The van der Waals surface area contributed by atoms with E-state index in [0.717, 1.165) is 12.8 Å².